The van der Waals surface area contributed by atoms with Gasteiger partial charge in [0.05, 0.1) is 5.69 Å². The van der Waals surface area contributed by atoms with Crippen molar-refractivity contribution in [3.05, 3.63) is 24.0 Å². The Morgan fingerprint density at radius 3 is 2.61 bits per heavy atom. The molecule has 1 fully saturated rings. The van der Waals surface area contributed by atoms with E-state index in [4.69, 9.17) is 10.5 Å². The third-order valence-electron chi connectivity index (χ3n) is 3.48. The molecule has 2 N–H and O–H groups in total. The van der Waals surface area contributed by atoms with E-state index in [1.165, 1.54) is 12.1 Å². The van der Waals surface area contributed by atoms with Crippen LogP contribution in [0.1, 0.15) is 26.7 Å². The third-order valence-corrected chi connectivity index (χ3v) is 3.48. The minimum Gasteiger partial charge on any atom is -0.488 e. The Morgan fingerprint density at radius 1 is 1.33 bits per heavy atom. The number of benzene rings is 1. The second kappa shape index (κ2) is 5.57. The normalized spacial score (nSPS) is 18.2. The molecule has 0 unspecified atom stereocenters. The standard InChI is InChI=1S/C14H21FN2O/c1-10(2)17-7-5-12(6-8-17)18-14-9-11(15)3-4-13(14)16/h3-4,9-10,12H,5-8,16H2,1-2H3. The van der Waals surface area contributed by atoms with Gasteiger partial charge in [0.2, 0.25) is 0 Å². The molecule has 0 saturated carbocycles. The van der Waals surface area contributed by atoms with Gasteiger partial charge in [-0.1, -0.05) is 0 Å². The Morgan fingerprint density at radius 2 is 2.00 bits per heavy atom. The van der Waals surface area contributed by atoms with E-state index in [-0.39, 0.29) is 11.9 Å². The van der Waals surface area contributed by atoms with Gasteiger partial charge in [0.25, 0.3) is 0 Å². The molecule has 0 aliphatic carbocycles. The molecule has 0 amide bonds. The lowest BCUT2D eigenvalue weighted by Crippen LogP contribution is -2.41. The number of anilines is 1. The predicted molar refractivity (Wildman–Crippen MR) is 71.2 cm³/mol. The molecule has 1 heterocycles. The van der Waals surface area contributed by atoms with E-state index in [0.29, 0.717) is 17.5 Å². The highest BCUT2D eigenvalue weighted by Crippen LogP contribution is 2.26. The first-order valence-electron chi connectivity index (χ1n) is 6.52. The highest BCUT2D eigenvalue weighted by molar-refractivity contribution is 5.52. The predicted octanol–water partition coefficient (Wildman–Crippen LogP) is 2.66. The lowest BCUT2D eigenvalue weighted by atomic mass is 10.1. The second-order valence-electron chi connectivity index (χ2n) is 5.13. The summed E-state index contributed by atoms with van der Waals surface area (Å²) < 4.78 is 18.9. The van der Waals surface area contributed by atoms with Gasteiger partial charge in [0.1, 0.15) is 17.7 Å². The van der Waals surface area contributed by atoms with Gasteiger partial charge >= 0.3 is 0 Å². The van der Waals surface area contributed by atoms with E-state index in [9.17, 15) is 4.39 Å². The summed E-state index contributed by atoms with van der Waals surface area (Å²) in [6.45, 7) is 6.45. The quantitative estimate of drug-likeness (QED) is 0.840. The van der Waals surface area contributed by atoms with Crippen LogP contribution in [0.25, 0.3) is 0 Å². The zero-order chi connectivity index (χ0) is 13.1. The summed E-state index contributed by atoms with van der Waals surface area (Å²) in [5.74, 6) is 0.164. The van der Waals surface area contributed by atoms with Gasteiger partial charge in [0.15, 0.2) is 0 Å². The highest BCUT2D eigenvalue weighted by atomic mass is 19.1. The number of ether oxygens (including phenoxy) is 1. The third kappa shape index (κ3) is 3.13. The molecule has 1 aromatic rings. The second-order valence-corrected chi connectivity index (χ2v) is 5.13. The summed E-state index contributed by atoms with van der Waals surface area (Å²) in [6.07, 6.45) is 2.08. The van der Waals surface area contributed by atoms with Gasteiger partial charge in [-0.2, -0.15) is 0 Å². The average Bonchev–Trinajstić information content (AvgIpc) is 2.34. The van der Waals surface area contributed by atoms with E-state index in [0.717, 1.165) is 25.9 Å². The van der Waals surface area contributed by atoms with Crippen molar-refractivity contribution in [3.8, 4) is 5.75 Å². The highest BCUT2D eigenvalue weighted by Gasteiger charge is 2.22. The van der Waals surface area contributed by atoms with Crippen molar-refractivity contribution in [3.63, 3.8) is 0 Å². The van der Waals surface area contributed by atoms with E-state index in [1.54, 1.807) is 6.07 Å². The molecule has 18 heavy (non-hydrogen) atoms. The fourth-order valence-corrected chi connectivity index (χ4v) is 2.30. The van der Waals surface area contributed by atoms with E-state index in [1.807, 2.05) is 0 Å². The van der Waals surface area contributed by atoms with Crippen molar-refractivity contribution in [1.82, 2.24) is 4.90 Å². The van der Waals surface area contributed by atoms with Crippen LogP contribution in [0.4, 0.5) is 10.1 Å². The van der Waals surface area contributed by atoms with Crippen molar-refractivity contribution >= 4 is 5.69 Å². The van der Waals surface area contributed by atoms with Crippen LogP contribution in [0.3, 0.4) is 0 Å². The Labute approximate surface area is 108 Å². The summed E-state index contributed by atoms with van der Waals surface area (Å²) >= 11 is 0. The van der Waals surface area contributed by atoms with Crippen LogP contribution in [-0.2, 0) is 0 Å². The average molecular weight is 252 g/mol. The van der Waals surface area contributed by atoms with Gasteiger partial charge in [-0.05, 0) is 38.8 Å². The Hall–Kier alpha value is -1.29. The SMILES string of the molecule is CC(C)N1CCC(Oc2cc(F)ccc2N)CC1. The number of rotatable bonds is 3. The number of nitrogens with zero attached hydrogens (tertiary/aromatic N) is 1. The summed E-state index contributed by atoms with van der Waals surface area (Å²) in [6, 6.07) is 4.84. The van der Waals surface area contributed by atoms with Crippen LogP contribution >= 0.6 is 0 Å². The van der Waals surface area contributed by atoms with Crippen molar-refractivity contribution in [2.45, 2.75) is 38.8 Å². The maximum Gasteiger partial charge on any atom is 0.145 e. The lowest BCUT2D eigenvalue weighted by molar-refractivity contribution is 0.0846. The number of nitrogen functional groups attached to an aromatic ring is 1. The summed E-state index contributed by atoms with van der Waals surface area (Å²) in [4.78, 5) is 2.43. The number of hydrogen-bond donors (Lipinski definition) is 1. The number of piperidine rings is 1. The van der Waals surface area contributed by atoms with E-state index < -0.39 is 0 Å². The fourth-order valence-electron chi connectivity index (χ4n) is 2.30. The largest absolute Gasteiger partial charge is 0.488 e. The maximum absolute atomic E-state index is 13.1. The molecule has 0 aromatic heterocycles. The molecule has 3 nitrogen and oxygen atoms in total. The Kier molecular flexibility index (Phi) is 4.07. The number of likely N-dealkylation sites (tertiary alicyclic amines) is 1. The minimum atomic E-state index is -0.307. The van der Waals surface area contributed by atoms with Gasteiger partial charge in [0, 0.05) is 25.2 Å². The zero-order valence-electron chi connectivity index (χ0n) is 11.0. The van der Waals surface area contributed by atoms with Gasteiger partial charge in [-0.15, -0.1) is 0 Å². The molecule has 0 bridgehead atoms. The molecule has 1 aliphatic heterocycles. The topological polar surface area (TPSA) is 38.5 Å². The Bertz CT molecular complexity index is 401. The Balaban J connectivity index is 1.93. The molecule has 1 saturated heterocycles. The van der Waals surface area contributed by atoms with Crippen LogP contribution in [0.5, 0.6) is 5.75 Å². The van der Waals surface area contributed by atoms with Gasteiger partial charge in [-0.25, -0.2) is 4.39 Å². The molecule has 0 radical (unpaired) electrons. The summed E-state index contributed by atoms with van der Waals surface area (Å²) in [5, 5.41) is 0. The van der Waals surface area contributed by atoms with Crippen LogP contribution < -0.4 is 10.5 Å². The first kappa shape index (κ1) is 13.1. The molecule has 1 aliphatic rings. The molecular weight excluding hydrogens is 231 g/mol. The zero-order valence-corrected chi connectivity index (χ0v) is 11.0. The van der Waals surface area contributed by atoms with Crippen molar-refractivity contribution in [1.29, 1.82) is 0 Å². The van der Waals surface area contributed by atoms with Gasteiger partial charge in [-0.3, -0.25) is 0 Å². The summed E-state index contributed by atoms with van der Waals surface area (Å²) in [5.41, 5.74) is 6.28. The van der Waals surface area contributed by atoms with Crippen molar-refractivity contribution in [2.75, 3.05) is 18.8 Å². The monoisotopic (exact) mass is 252 g/mol. The molecule has 100 valence electrons. The first-order valence-corrected chi connectivity index (χ1v) is 6.52. The minimum absolute atomic E-state index is 0.143. The van der Waals surface area contributed by atoms with Crippen molar-refractivity contribution < 1.29 is 9.13 Å². The van der Waals surface area contributed by atoms with E-state index in [2.05, 4.69) is 18.7 Å². The molecule has 2 rings (SSSR count). The smallest absolute Gasteiger partial charge is 0.145 e. The molecule has 0 spiro atoms. The molecule has 1 aromatic carbocycles. The van der Waals surface area contributed by atoms with Crippen LogP contribution in [0, 0.1) is 5.82 Å². The van der Waals surface area contributed by atoms with Crippen LogP contribution in [-0.4, -0.2) is 30.1 Å². The fraction of sp³-hybridized carbons (Fsp3) is 0.571. The summed E-state index contributed by atoms with van der Waals surface area (Å²) in [7, 11) is 0. The molecule has 4 heteroatoms. The van der Waals surface area contributed by atoms with E-state index >= 15 is 0 Å². The van der Waals surface area contributed by atoms with Gasteiger partial charge < -0.3 is 15.4 Å². The maximum atomic E-state index is 13.1. The lowest BCUT2D eigenvalue weighted by Gasteiger charge is -2.34. The van der Waals surface area contributed by atoms with Crippen LogP contribution in [0.15, 0.2) is 18.2 Å². The number of nitrogens with two attached hydrogens (primary N) is 1. The van der Waals surface area contributed by atoms with Crippen LogP contribution in [0.2, 0.25) is 0 Å². The first-order chi connectivity index (χ1) is 8.56. The van der Waals surface area contributed by atoms with Crippen molar-refractivity contribution in [2.24, 2.45) is 0 Å². The molecular formula is C14H21FN2O. The number of halogens is 1. The number of hydrogen-bond acceptors (Lipinski definition) is 3. The molecule has 0 atom stereocenters.